The Morgan fingerprint density at radius 3 is 2.96 bits per heavy atom. The Morgan fingerprint density at radius 1 is 1.56 bits per heavy atom. The topological polar surface area (TPSA) is 173 Å². The molecule has 2 aliphatic rings. The number of aliphatic imine (C=N–C) groups is 1. The number of hydrogen-bond donors (Lipinski definition) is 6. The molecule has 0 radical (unpaired) electrons. The van der Waals surface area contributed by atoms with Gasteiger partial charge in [-0.15, -0.1) is 0 Å². The summed E-state index contributed by atoms with van der Waals surface area (Å²) in [5.41, 5.74) is 12.4. The summed E-state index contributed by atoms with van der Waals surface area (Å²) in [6.07, 6.45) is -0.582. The number of hydrogen-bond acceptors (Lipinski definition) is 9. The standard InChI is InChI=1S/C16H27N7O4/c1-3-4-8(17)15(26)22-10-12(25)9(5-24)27-16(10)23-6-19-11-13(18)20-7(2)21-14(11)23/h6,8-10,12-13,16,24-25H,3-5,17-18H2,1-2H3,(H,20,21)(H,22,26)/t8?,9-,10+,12?,13?,16-/m1/s1. The Bertz CT molecular complexity index is 722. The number of fused-ring (bicyclic) bond motifs is 1. The fourth-order valence-corrected chi connectivity index (χ4v) is 3.39. The monoisotopic (exact) mass is 381 g/mol. The summed E-state index contributed by atoms with van der Waals surface area (Å²) >= 11 is 0. The fraction of sp³-hybridized carbons (Fsp3) is 0.688. The highest BCUT2D eigenvalue weighted by molar-refractivity contribution is 5.95. The van der Waals surface area contributed by atoms with Gasteiger partial charge >= 0.3 is 0 Å². The van der Waals surface area contributed by atoms with Crippen molar-refractivity contribution in [3.63, 3.8) is 0 Å². The molecule has 3 heterocycles. The molecule has 0 saturated carbocycles. The Morgan fingerprint density at radius 2 is 2.30 bits per heavy atom. The van der Waals surface area contributed by atoms with E-state index in [2.05, 4.69) is 20.6 Å². The summed E-state index contributed by atoms with van der Waals surface area (Å²) in [4.78, 5) is 20.9. The van der Waals surface area contributed by atoms with Gasteiger partial charge in [-0.2, -0.15) is 0 Å². The van der Waals surface area contributed by atoms with Crippen LogP contribution in [0.5, 0.6) is 0 Å². The van der Waals surface area contributed by atoms with Crippen LogP contribution in [0.15, 0.2) is 11.3 Å². The minimum Gasteiger partial charge on any atom is -0.394 e. The zero-order valence-corrected chi connectivity index (χ0v) is 15.4. The van der Waals surface area contributed by atoms with E-state index >= 15 is 0 Å². The highest BCUT2D eigenvalue weighted by Gasteiger charge is 2.46. The number of nitrogens with zero attached hydrogens (tertiary/aromatic N) is 3. The van der Waals surface area contributed by atoms with Gasteiger partial charge in [0.05, 0.1) is 19.0 Å². The first-order chi connectivity index (χ1) is 12.9. The molecule has 11 nitrogen and oxygen atoms in total. The number of amides is 1. The number of rotatable bonds is 6. The molecule has 3 rings (SSSR count). The summed E-state index contributed by atoms with van der Waals surface area (Å²) in [6.45, 7) is 3.31. The van der Waals surface area contributed by atoms with Gasteiger partial charge in [0.1, 0.15) is 41.8 Å². The molecule has 11 heteroatoms. The van der Waals surface area contributed by atoms with E-state index in [1.807, 2.05) is 6.92 Å². The molecule has 1 saturated heterocycles. The lowest BCUT2D eigenvalue weighted by Gasteiger charge is -2.27. The molecule has 0 aromatic carbocycles. The summed E-state index contributed by atoms with van der Waals surface area (Å²) in [5, 5.41) is 25.9. The third kappa shape index (κ3) is 3.69. The SMILES string of the molecule is CCCC(N)C(=O)N[C@H]1C(O)[C@@H](CO)O[C@H]1n1cnc2c1NC(C)=NC2N. The van der Waals surface area contributed by atoms with Crippen LogP contribution in [0, 0.1) is 0 Å². The lowest BCUT2D eigenvalue weighted by atomic mass is 10.1. The molecule has 0 bridgehead atoms. The molecule has 1 aromatic rings. The van der Waals surface area contributed by atoms with Crippen LogP contribution in [0.2, 0.25) is 0 Å². The van der Waals surface area contributed by atoms with E-state index in [1.54, 1.807) is 11.5 Å². The van der Waals surface area contributed by atoms with Crippen LogP contribution in [-0.2, 0) is 9.53 Å². The second kappa shape index (κ2) is 7.90. The first kappa shape index (κ1) is 19.7. The van der Waals surface area contributed by atoms with Crippen molar-refractivity contribution in [2.45, 2.75) is 63.4 Å². The zero-order chi connectivity index (χ0) is 19.7. The molecule has 6 atom stereocenters. The zero-order valence-electron chi connectivity index (χ0n) is 15.4. The molecule has 3 unspecified atom stereocenters. The maximum Gasteiger partial charge on any atom is 0.237 e. The van der Waals surface area contributed by atoms with Crippen LogP contribution in [-0.4, -0.2) is 62.4 Å². The number of aliphatic hydroxyl groups excluding tert-OH is 2. The molecule has 1 fully saturated rings. The molecule has 27 heavy (non-hydrogen) atoms. The molecular formula is C16H27N7O4. The van der Waals surface area contributed by atoms with E-state index in [-0.39, 0.29) is 5.91 Å². The number of aromatic nitrogens is 2. The minimum absolute atomic E-state index is 0.385. The van der Waals surface area contributed by atoms with Gasteiger partial charge in [-0.1, -0.05) is 13.3 Å². The van der Waals surface area contributed by atoms with E-state index in [1.165, 1.54) is 6.33 Å². The van der Waals surface area contributed by atoms with Gasteiger partial charge in [0, 0.05) is 0 Å². The summed E-state index contributed by atoms with van der Waals surface area (Å²) in [5.74, 6) is 0.798. The number of imidazole rings is 1. The van der Waals surface area contributed by atoms with E-state index in [9.17, 15) is 15.0 Å². The van der Waals surface area contributed by atoms with Crippen molar-refractivity contribution in [2.75, 3.05) is 11.9 Å². The second-order valence-electron chi connectivity index (χ2n) is 6.84. The number of nitrogens with one attached hydrogen (secondary N) is 2. The van der Waals surface area contributed by atoms with Crippen molar-refractivity contribution in [3.05, 3.63) is 12.0 Å². The van der Waals surface area contributed by atoms with Gasteiger partial charge in [-0.25, -0.2) is 9.98 Å². The summed E-state index contributed by atoms with van der Waals surface area (Å²) in [7, 11) is 0. The quantitative estimate of drug-likeness (QED) is 0.347. The van der Waals surface area contributed by atoms with E-state index in [4.69, 9.17) is 16.2 Å². The highest BCUT2D eigenvalue weighted by Crippen LogP contribution is 2.35. The first-order valence-corrected chi connectivity index (χ1v) is 9.01. The molecule has 2 aliphatic heterocycles. The number of carbonyl (C=O) groups excluding carboxylic acids is 1. The highest BCUT2D eigenvalue weighted by atomic mass is 16.5. The van der Waals surface area contributed by atoms with Crippen molar-refractivity contribution < 1.29 is 19.7 Å². The maximum atomic E-state index is 12.4. The van der Waals surface area contributed by atoms with Crippen molar-refractivity contribution >= 4 is 17.6 Å². The predicted molar refractivity (Wildman–Crippen MR) is 97.7 cm³/mol. The smallest absolute Gasteiger partial charge is 0.237 e. The van der Waals surface area contributed by atoms with Crippen molar-refractivity contribution in [3.8, 4) is 0 Å². The Hall–Kier alpha value is -2.05. The van der Waals surface area contributed by atoms with E-state index < -0.39 is 43.3 Å². The third-order valence-electron chi connectivity index (χ3n) is 4.80. The number of nitrogens with two attached hydrogens (primary N) is 2. The summed E-state index contributed by atoms with van der Waals surface area (Å²) in [6, 6.07) is -1.50. The van der Waals surface area contributed by atoms with Crippen molar-refractivity contribution in [1.29, 1.82) is 0 Å². The molecule has 150 valence electrons. The molecule has 1 amide bonds. The summed E-state index contributed by atoms with van der Waals surface area (Å²) < 4.78 is 7.45. The lowest BCUT2D eigenvalue weighted by molar-refractivity contribution is -0.124. The van der Waals surface area contributed by atoms with Crippen LogP contribution in [0.4, 0.5) is 5.82 Å². The average molecular weight is 381 g/mol. The second-order valence-corrected chi connectivity index (χ2v) is 6.84. The van der Waals surface area contributed by atoms with Gasteiger partial charge in [0.25, 0.3) is 0 Å². The predicted octanol–water partition coefficient (Wildman–Crippen LogP) is -1.45. The molecule has 0 aliphatic carbocycles. The molecule has 8 N–H and O–H groups in total. The number of ether oxygens (including phenoxy) is 1. The Balaban J connectivity index is 1.88. The molecular weight excluding hydrogens is 354 g/mol. The van der Waals surface area contributed by atoms with Crippen LogP contribution in [0.25, 0.3) is 0 Å². The third-order valence-corrected chi connectivity index (χ3v) is 4.80. The lowest BCUT2D eigenvalue weighted by Crippen LogP contribution is -2.51. The van der Waals surface area contributed by atoms with Crippen LogP contribution >= 0.6 is 0 Å². The molecule has 0 spiro atoms. The largest absolute Gasteiger partial charge is 0.394 e. The average Bonchev–Trinajstić information content (AvgIpc) is 3.17. The van der Waals surface area contributed by atoms with Crippen molar-refractivity contribution in [1.82, 2.24) is 14.9 Å². The first-order valence-electron chi connectivity index (χ1n) is 9.01. The van der Waals surface area contributed by atoms with Crippen LogP contribution in [0.3, 0.4) is 0 Å². The number of carbonyl (C=O) groups is 1. The number of aliphatic hydroxyl groups is 2. The normalized spacial score (nSPS) is 31.0. The number of anilines is 1. The fourth-order valence-electron chi connectivity index (χ4n) is 3.39. The van der Waals surface area contributed by atoms with Gasteiger partial charge in [-0.3, -0.25) is 9.36 Å². The minimum atomic E-state index is -1.11. The van der Waals surface area contributed by atoms with Crippen molar-refractivity contribution in [2.24, 2.45) is 16.5 Å². The maximum absolute atomic E-state index is 12.4. The van der Waals surface area contributed by atoms with Crippen LogP contribution < -0.4 is 22.1 Å². The van der Waals surface area contributed by atoms with E-state index in [0.717, 1.165) is 6.42 Å². The number of amidine groups is 1. The Labute approximate surface area is 156 Å². The molecule has 1 aromatic heterocycles. The van der Waals surface area contributed by atoms with Gasteiger partial charge in [-0.05, 0) is 13.3 Å². The van der Waals surface area contributed by atoms with Gasteiger partial charge < -0.3 is 37.1 Å². The van der Waals surface area contributed by atoms with Crippen LogP contribution in [0.1, 0.15) is 44.8 Å². The van der Waals surface area contributed by atoms with Gasteiger partial charge in [0.15, 0.2) is 6.23 Å². The van der Waals surface area contributed by atoms with Gasteiger partial charge in [0.2, 0.25) is 5.91 Å². The Kier molecular flexibility index (Phi) is 5.77. The van der Waals surface area contributed by atoms with E-state index in [0.29, 0.717) is 23.8 Å².